The van der Waals surface area contributed by atoms with Gasteiger partial charge < -0.3 is 15.0 Å². The first-order chi connectivity index (χ1) is 10.0. The highest BCUT2D eigenvalue weighted by Crippen LogP contribution is 2.16. The van der Waals surface area contributed by atoms with Crippen LogP contribution < -0.4 is 10.5 Å². The van der Waals surface area contributed by atoms with E-state index in [2.05, 4.69) is 22.3 Å². The number of aromatic nitrogens is 2. The number of benzene rings is 1. The van der Waals surface area contributed by atoms with Gasteiger partial charge in [0.2, 0.25) is 0 Å². The third kappa shape index (κ3) is 4.86. The quantitative estimate of drug-likeness (QED) is 0.848. The molecule has 0 fully saturated rings. The third-order valence-electron chi connectivity index (χ3n) is 3.17. The van der Waals surface area contributed by atoms with Gasteiger partial charge in [-0.15, -0.1) is 0 Å². The van der Waals surface area contributed by atoms with Crippen molar-refractivity contribution in [3.63, 3.8) is 0 Å². The number of nitrogens with zero attached hydrogens (tertiary/aromatic N) is 2. The lowest BCUT2D eigenvalue weighted by Crippen LogP contribution is -2.15. The van der Waals surface area contributed by atoms with Crippen molar-refractivity contribution < 1.29 is 9.26 Å². The summed E-state index contributed by atoms with van der Waals surface area (Å²) in [4.78, 5) is 4.27. The third-order valence-corrected chi connectivity index (χ3v) is 3.17. The molecule has 1 aromatic carbocycles. The maximum Gasteiger partial charge on any atom is 0.264 e. The molecule has 1 atom stereocenters. The van der Waals surface area contributed by atoms with Crippen molar-refractivity contribution in [2.75, 3.05) is 0 Å². The zero-order valence-corrected chi connectivity index (χ0v) is 12.9. The Labute approximate surface area is 125 Å². The molecule has 5 heteroatoms. The van der Waals surface area contributed by atoms with E-state index in [1.165, 1.54) is 5.56 Å². The van der Waals surface area contributed by atoms with Crippen LogP contribution in [0.25, 0.3) is 0 Å². The summed E-state index contributed by atoms with van der Waals surface area (Å²) in [7, 11) is 0. The largest absolute Gasteiger partial charge is 0.484 e. The van der Waals surface area contributed by atoms with Gasteiger partial charge in [0.15, 0.2) is 12.4 Å². The normalized spacial score (nSPS) is 12.6. The van der Waals surface area contributed by atoms with Gasteiger partial charge in [-0.1, -0.05) is 31.1 Å². The Bertz CT molecular complexity index is 547. The molecule has 0 aliphatic rings. The maximum atomic E-state index is 5.76. The fourth-order valence-corrected chi connectivity index (χ4v) is 1.85. The Kier molecular flexibility index (Phi) is 5.33. The highest BCUT2D eigenvalue weighted by molar-refractivity contribution is 5.27. The van der Waals surface area contributed by atoms with Crippen molar-refractivity contribution >= 4 is 0 Å². The topological polar surface area (TPSA) is 74.2 Å². The lowest BCUT2D eigenvalue weighted by Gasteiger charge is -2.07. The maximum absolute atomic E-state index is 5.76. The monoisotopic (exact) mass is 289 g/mol. The SMILES string of the molecule is CC(N)CCc1ccc(OCc2nc(C(C)C)no2)cc1. The lowest BCUT2D eigenvalue weighted by molar-refractivity contribution is 0.242. The molecule has 114 valence electrons. The molecule has 0 aliphatic carbocycles. The van der Waals surface area contributed by atoms with Crippen LogP contribution in [0.4, 0.5) is 0 Å². The number of aryl methyl sites for hydroxylation is 1. The average molecular weight is 289 g/mol. The first-order valence-corrected chi connectivity index (χ1v) is 7.34. The van der Waals surface area contributed by atoms with Crippen molar-refractivity contribution in [2.24, 2.45) is 5.73 Å². The first kappa shape index (κ1) is 15.5. The van der Waals surface area contributed by atoms with Crippen LogP contribution in [0, 0.1) is 0 Å². The predicted molar refractivity (Wildman–Crippen MR) is 81.1 cm³/mol. The van der Waals surface area contributed by atoms with E-state index >= 15 is 0 Å². The molecule has 0 spiro atoms. The molecule has 0 saturated heterocycles. The number of ether oxygens (including phenoxy) is 1. The Morgan fingerprint density at radius 1 is 1.19 bits per heavy atom. The molecule has 2 rings (SSSR count). The Morgan fingerprint density at radius 3 is 2.48 bits per heavy atom. The fourth-order valence-electron chi connectivity index (χ4n) is 1.85. The van der Waals surface area contributed by atoms with Gasteiger partial charge in [-0.25, -0.2) is 0 Å². The summed E-state index contributed by atoms with van der Waals surface area (Å²) in [6.07, 6.45) is 1.97. The van der Waals surface area contributed by atoms with Crippen molar-refractivity contribution in [1.29, 1.82) is 0 Å². The predicted octanol–water partition coefficient (Wildman–Crippen LogP) is 3.05. The van der Waals surface area contributed by atoms with Crippen LogP contribution in [0.15, 0.2) is 28.8 Å². The summed E-state index contributed by atoms with van der Waals surface area (Å²) in [5, 5.41) is 3.90. The van der Waals surface area contributed by atoms with E-state index in [9.17, 15) is 0 Å². The zero-order valence-electron chi connectivity index (χ0n) is 12.9. The lowest BCUT2D eigenvalue weighted by atomic mass is 10.1. The van der Waals surface area contributed by atoms with E-state index < -0.39 is 0 Å². The van der Waals surface area contributed by atoms with Crippen LogP contribution in [0.3, 0.4) is 0 Å². The molecule has 0 radical (unpaired) electrons. The Balaban J connectivity index is 1.85. The minimum Gasteiger partial charge on any atom is -0.484 e. The molecule has 0 bridgehead atoms. The molecular weight excluding hydrogens is 266 g/mol. The second-order valence-corrected chi connectivity index (χ2v) is 5.65. The highest BCUT2D eigenvalue weighted by atomic mass is 16.5. The Hall–Kier alpha value is -1.88. The van der Waals surface area contributed by atoms with Crippen molar-refractivity contribution in [1.82, 2.24) is 10.1 Å². The first-order valence-electron chi connectivity index (χ1n) is 7.34. The summed E-state index contributed by atoms with van der Waals surface area (Å²) in [6, 6.07) is 8.26. The molecule has 21 heavy (non-hydrogen) atoms. The standard InChI is InChI=1S/C16H23N3O2/c1-11(2)16-18-15(21-19-16)10-20-14-8-6-13(7-9-14)5-4-12(3)17/h6-9,11-12H,4-5,10,17H2,1-3H3. The van der Waals surface area contributed by atoms with E-state index in [4.69, 9.17) is 15.0 Å². The summed E-state index contributed by atoms with van der Waals surface area (Å²) in [6.45, 7) is 6.36. The number of nitrogens with two attached hydrogens (primary N) is 1. The molecule has 1 aromatic heterocycles. The van der Waals surface area contributed by atoms with Gasteiger partial charge in [0.05, 0.1) is 0 Å². The molecule has 0 saturated carbocycles. The van der Waals surface area contributed by atoms with Crippen LogP contribution >= 0.6 is 0 Å². The summed E-state index contributed by atoms with van der Waals surface area (Å²) in [5.41, 5.74) is 7.02. The minimum absolute atomic E-state index is 0.230. The summed E-state index contributed by atoms with van der Waals surface area (Å²) >= 11 is 0. The van der Waals surface area contributed by atoms with Gasteiger partial charge in [0.1, 0.15) is 5.75 Å². The number of hydrogen-bond donors (Lipinski definition) is 1. The average Bonchev–Trinajstić information content (AvgIpc) is 2.93. The van der Waals surface area contributed by atoms with Crippen molar-refractivity contribution in [3.05, 3.63) is 41.5 Å². The van der Waals surface area contributed by atoms with E-state index in [1.54, 1.807) is 0 Å². The summed E-state index contributed by atoms with van der Waals surface area (Å²) < 4.78 is 10.8. The molecule has 0 aliphatic heterocycles. The Morgan fingerprint density at radius 2 is 1.90 bits per heavy atom. The van der Waals surface area contributed by atoms with Crippen LogP contribution in [0.1, 0.15) is 50.4 Å². The van der Waals surface area contributed by atoms with E-state index in [-0.39, 0.29) is 12.0 Å². The van der Waals surface area contributed by atoms with Crippen LogP contribution in [0.2, 0.25) is 0 Å². The molecule has 2 aromatic rings. The van der Waals surface area contributed by atoms with Crippen LogP contribution in [0.5, 0.6) is 5.75 Å². The number of rotatable bonds is 7. The second-order valence-electron chi connectivity index (χ2n) is 5.65. The molecule has 1 heterocycles. The van der Waals surface area contributed by atoms with Crippen LogP contribution in [-0.2, 0) is 13.0 Å². The molecule has 1 unspecified atom stereocenters. The fraction of sp³-hybridized carbons (Fsp3) is 0.500. The van der Waals surface area contributed by atoms with Gasteiger partial charge in [-0.3, -0.25) is 0 Å². The van der Waals surface area contributed by atoms with E-state index in [0.29, 0.717) is 18.3 Å². The van der Waals surface area contributed by atoms with Gasteiger partial charge >= 0.3 is 0 Å². The van der Waals surface area contributed by atoms with Crippen LogP contribution in [-0.4, -0.2) is 16.2 Å². The smallest absolute Gasteiger partial charge is 0.264 e. The second kappa shape index (κ2) is 7.22. The van der Waals surface area contributed by atoms with Gasteiger partial charge in [-0.05, 0) is 37.5 Å². The zero-order chi connectivity index (χ0) is 15.2. The van der Waals surface area contributed by atoms with E-state index in [1.807, 2.05) is 32.9 Å². The number of hydrogen-bond acceptors (Lipinski definition) is 5. The molecule has 0 amide bonds. The van der Waals surface area contributed by atoms with Gasteiger partial charge in [0, 0.05) is 12.0 Å². The van der Waals surface area contributed by atoms with Gasteiger partial charge in [-0.2, -0.15) is 4.98 Å². The molecule has 5 nitrogen and oxygen atoms in total. The van der Waals surface area contributed by atoms with Crippen molar-refractivity contribution in [3.8, 4) is 5.75 Å². The van der Waals surface area contributed by atoms with E-state index in [0.717, 1.165) is 18.6 Å². The highest BCUT2D eigenvalue weighted by Gasteiger charge is 2.09. The van der Waals surface area contributed by atoms with Gasteiger partial charge in [0.25, 0.3) is 5.89 Å². The molecular formula is C16H23N3O2. The summed E-state index contributed by atoms with van der Waals surface area (Å²) in [5.74, 6) is 2.26. The van der Waals surface area contributed by atoms with Crippen molar-refractivity contribution in [2.45, 2.75) is 52.2 Å². The molecule has 2 N–H and O–H groups in total. The minimum atomic E-state index is 0.230.